The summed E-state index contributed by atoms with van der Waals surface area (Å²) in [7, 11) is 1.55. The van der Waals surface area contributed by atoms with Gasteiger partial charge in [-0.1, -0.05) is 23.7 Å². The van der Waals surface area contributed by atoms with Gasteiger partial charge in [-0.3, -0.25) is 4.79 Å². The predicted octanol–water partition coefficient (Wildman–Crippen LogP) is 4.42. The first-order valence-corrected chi connectivity index (χ1v) is 10.4. The molecule has 1 aliphatic rings. The fourth-order valence-corrected chi connectivity index (χ4v) is 4.18. The van der Waals surface area contributed by atoms with Crippen LogP contribution in [-0.2, 0) is 16.1 Å². The van der Waals surface area contributed by atoms with Gasteiger partial charge in [-0.25, -0.2) is 4.79 Å². The minimum absolute atomic E-state index is 0.0499. The van der Waals surface area contributed by atoms with E-state index in [2.05, 4.69) is 0 Å². The average Bonchev–Trinajstić information content (AvgIpc) is 3.25. The Hall–Kier alpha value is -2.18. The number of halogens is 1. The molecule has 0 aliphatic carbocycles. The lowest BCUT2D eigenvalue weighted by Crippen LogP contribution is -2.29. The van der Waals surface area contributed by atoms with Crippen molar-refractivity contribution in [2.45, 2.75) is 24.3 Å². The van der Waals surface area contributed by atoms with Crippen molar-refractivity contribution in [3.63, 3.8) is 0 Å². The van der Waals surface area contributed by atoms with Gasteiger partial charge in [0.05, 0.1) is 18.4 Å². The van der Waals surface area contributed by atoms with Gasteiger partial charge < -0.3 is 14.4 Å². The number of hydrogen-bond donors (Lipinski definition) is 0. The average molecular weight is 420 g/mol. The largest absolute Gasteiger partial charge is 0.496 e. The second kappa shape index (κ2) is 9.85. The minimum atomic E-state index is -0.446. The highest BCUT2D eigenvalue weighted by atomic mass is 35.5. The normalized spacial score (nSPS) is 13.4. The number of likely N-dealkylation sites (tertiary alicyclic amines) is 1. The van der Waals surface area contributed by atoms with Crippen molar-refractivity contribution in [1.29, 1.82) is 0 Å². The van der Waals surface area contributed by atoms with E-state index in [1.165, 1.54) is 11.8 Å². The molecule has 0 saturated carbocycles. The highest BCUT2D eigenvalue weighted by molar-refractivity contribution is 8.00. The number of benzene rings is 2. The third kappa shape index (κ3) is 5.20. The number of carbonyl (C=O) groups is 2. The first-order chi connectivity index (χ1) is 13.6. The van der Waals surface area contributed by atoms with E-state index in [1.807, 2.05) is 17.0 Å². The molecule has 1 fully saturated rings. The minimum Gasteiger partial charge on any atom is -0.496 e. The van der Waals surface area contributed by atoms with Gasteiger partial charge in [-0.15, -0.1) is 11.8 Å². The van der Waals surface area contributed by atoms with Crippen LogP contribution in [0.4, 0.5) is 0 Å². The van der Waals surface area contributed by atoms with Gasteiger partial charge in [-0.2, -0.15) is 0 Å². The Morgan fingerprint density at radius 1 is 1.14 bits per heavy atom. The van der Waals surface area contributed by atoms with Crippen LogP contribution in [0.3, 0.4) is 0 Å². The van der Waals surface area contributed by atoms with Crippen LogP contribution in [0.5, 0.6) is 5.75 Å². The Morgan fingerprint density at radius 3 is 2.64 bits per heavy atom. The van der Waals surface area contributed by atoms with E-state index in [0.29, 0.717) is 27.7 Å². The molecule has 1 aliphatic heterocycles. The number of amides is 1. The molecule has 1 heterocycles. The Labute approximate surface area is 174 Å². The SMILES string of the molecule is COc1ccc(Cl)cc1COC(=O)c1ccccc1SCC(=O)N1CCCC1. The van der Waals surface area contributed by atoms with Crippen LogP contribution in [0.1, 0.15) is 28.8 Å². The molecular weight excluding hydrogens is 398 g/mol. The number of rotatable bonds is 7. The van der Waals surface area contributed by atoms with Crippen molar-refractivity contribution in [3.8, 4) is 5.75 Å². The quantitative estimate of drug-likeness (QED) is 0.491. The van der Waals surface area contributed by atoms with Crippen LogP contribution < -0.4 is 4.74 Å². The van der Waals surface area contributed by atoms with Gasteiger partial charge in [0.1, 0.15) is 12.4 Å². The first kappa shape index (κ1) is 20.6. The van der Waals surface area contributed by atoms with Crippen LogP contribution in [0, 0.1) is 0 Å². The molecule has 1 saturated heterocycles. The van der Waals surface area contributed by atoms with Gasteiger partial charge in [-0.05, 0) is 43.2 Å². The first-order valence-electron chi connectivity index (χ1n) is 9.07. The molecule has 28 heavy (non-hydrogen) atoms. The van der Waals surface area contributed by atoms with Crippen molar-refractivity contribution in [1.82, 2.24) is 4.90 Å². The molecule has 2 aromatic rings. The number of carbonyl (C=O) groups excluding carboxylic acids is 2. The zero-order valence-corrected chi connectivity index (χ0v) is 17.2. The lowest BCUT2D eigenvalue weighted by atomic mass is 10.2. The maximum Gasteiger partial charge on any atom is 0.339 e. The van der Waals surface area contributed by atoms with Crippen molar-refractivity contribution in [2.24, 2.45) is 0 Å². The van der Waals surface area contributed by atoms with E-state index in [0.717, 1.165) is 30.8 Å². The number of hydrogen-bond acceptors (Lipinski definition) is 5. The molecule has 0 N–H and O–H groups in total. The molecule has 0 unspecified atom stereocenters. The fraction of sp³-hybridized carbons (Fsp3) is 0.333. The van der Waals surface area contributed by atoms with Crippen molar-refractivity contribution in [3.05, 3.63) is 58.6 Å². The topological polar surface area (TPSA) is 55.8 Å². The molecule has 5 nitrogen and oxygen atoms in total. The second-order valence-electron chi connectivity index (χ2n) is 6.41. The highest BCUT2D eigenvalue weighted by Gasteiger charge is 2.20. The van der Waals surface area contributed by atoms with Crippen LogP contribution in [-0.4, -0.2) is 42.7 Å². The zero-order chi connectivity index (χ0) is 19.9. The molecule has 7 heteroatoms. The lowest BCUT2D eigenvalue weighted by Gasteiger charge is -2.15. The molecule has 0 bridgehead atoms. The molecular formula is C21H22ClNO4S. The lowest BCUT2D eigenvalue weighted by molar-refractivity contribution is -0.127. The van der Waals surface area contributed by atoms with Crippen LogP contribution in [0.15, 0.2) is 47.4 Å². The summed E-state index contributed by atoms with van der Waals surface area (Å²) in [5.74, 6) is 0.580. The summed E-state index contributed by atoms with van der Waals surface area (Å²) in [6, 6.07) is 12.3. The van der Waals surface area contributed by atoms with E-state index in [9.17, 15) is 9.59 Å². The third-order valence-electron chi connectivity index (χ3n) is 4.52. The number of thioether (sulfide) groups is 1. The van der Waals surface area contributed by atoms with Crippen LogP contribution in [0.25, 0.3) is 0 Å². The predicted molar refractivity (Wildman–Crippen MR) is 110 cm³/mol. The number of ether oxygens (including phenoxy) is 2. The summed E-state index contributed by atoms with van der Waals surface area (Å²) >= 11 is 7.39. The van der Waals surface area contributed by atoms with Crippen molar-refractivity contribution in [2.75, 3.05) is 26.0 Å². The summed E-state index contributed by atoms with van der Waals surface area (Å²) < 4.78 is 10.8. The van der Waals surface area contributed by atoms with Gasteiger partial charge in [0, 0.05) is 28.6 Å². The van der Waals surface area contributed by atoms with Crippen LogP contribution in [0.2, 0.25) is 5.02 Å². The molecule has 3 rings (SSSR count). The van der Waals surface area contributed by atoms with E-state index in [4.69, 9.17) is 21.1 Å². The standard InChI is InChI=1S/C21H22ClNO4S/c1-26-18-9-8-16(22)12-15(18)13-27-21(25)17-6-2-3-7-19(17)28-14-20(24)23-10-4-5-11-23/h2-3,6-9,12H,4-5,10-11,13-14H2,1H3. The molecule has 0 atom stereocenters. The second-order valence-corrected chi connectivity index (χ2v) is 7.86. The molecule has 1 amide bonds. The highest BCUT2D eigenvalue weighted by Crippen LogP contribution is 2.26. The number of nitrogens with zero attached hydrogens (tertiary/aromatic N) is 1. The summed E-state index contributed by atoms with van der Waals surface area (Å²) in [6.45, 7) is 1.70. The zero-order valence-electron chi connectivity index (χ0n) is 15.7. The number of esters is 1. The number of methoxy groups -OCH3 is 1. The smallest absolute Gasteiger partial charge is 0.339 e. The molecule has 2 aromatic carbocycles. The molecule has 148 valence electrons. The summed E-state index contributed by atoms with van der Waals surface area (Å²) in [4.78, 5) is 27.5. The van der Waals surface area contributed by atoms with Gasteiger partial charge >= 0.3 is 5.97 Å². The Balaban J connectivity index is 1.64. The third-order valence-corrected chi connectivity index (χ3v) is 5.81. The van der Waals surface area contributed by atoms with E-state index in [1.54, 1.807) is 37.4 Å². The maximum atomic E-state index is 12.6. The van der Waals surface area contributed by atoms with E-state index >= 15 is 0 Å². The molecule has 0 aromatic heterocycles. The van der Waals surface area contributed by atoms with E-state index < -0.39 is 5.97 Å². The van der Waals surface area contributed by atoms with Crippen molar-refractivity contribution < 1.29 is 19.1 Å². The van der Waals surface area contributed by atoms with Gasteiger partial charge in [0.15, 0.2) is 0 Å². The van der Waals surface area contributed by atoms with Gasteiger partial charge in [0.25, 0.3) is 0 Å². The Kier molecular flexibility index (Phi) is 7.23. The van der Waals surface area contributed by atoms with Gasteiger partial charge in [0.2, 0.25) is 5.91 Å². The fourth-order valence-electron chi connectivity index (χ4n) is 3.04. The maximum absolute atomic E-state index is 12.6. The molecule has 0 spiro atoms. The summed E-state index contributed by atoms with van der Waals surface area (Å²) in [5, 5.41) is 0.545. The monoisotopic (exact) mass is 419 g/mol. The summed E-state index contributed by atoms with van der Waals surface area (Å²) in [6.07, 6.45) is 2.12. The van der Waals surface area contributed by atoms with Crippen LogP contribution >= 0.6 is 23.4 Å². The Bertz CT molecular complexity index is 852. The Morgan fingerprint density at radius 2 is 1.89 bits per heavy atom. The molecule has 0 radical (unpaired) electrons. The van der Waals surface area contributed by atoms with Crippen molar-refractivity contribution >= 4 is 35.2 Å². The van der Waals surface area contributed by atoms with E-state index in [-0.39, 0.29) is 12.5 Å². The summed E-state index contributed by atoms with van der Waals surface area (Å²) in [5.41, 5.74) is 1.14.